The lowest BCUT2D eigenvalue weighted by Crippen LogP contribution is -2.23. The third kappa shape index (κ3) is 2.69. The van der Waals surface area contributed by atoms with E-state index in [1.165, 1.54) is 12.1 Å². The van der Waals surface area contributed by atoms with Gasteiger partial charge >= 0.3 is 5.97 Å². The number of benzene rings is 2. The Bertz CT molecular complexity index is 608. The lowest BCUT2D eigenvalue weighted by Gasteiger charge is -2.12. The number of hydrogen-bond acceptors (Lipinski definition) is 3. The summed E-state index contributed by atoms with van der Waals surface area (Å²) in [5.74, 6) is -1.53. The van der Waals surface area contributed by atoms with Crippen LogP contribution in [0.2, 0.25) is 0 Å². The number of aromatic carboxylic acids is 1. The van der Waals surface area contributed by atoms with E-state index in [2.05, 4.69) is 0 Å². The molecule has 0 fully saturated rings. The van der Waals surface area contributed by atoms with Crippen molar-refractivity contribution >= 4 is 11.8 Å². The number of Topliss-reactive ketones (excluding diaryl/α,β-unsaturated/α-hetero) is 1. The summed E-state index contributed by atoms with van der Waals surface area (Å²) in [7, 11) is 0. The molecule has 1 atom stereocenters. The van der Waals surface area contributed by atoms with Gasteiger partial charge in [-0.15, -0.1) is 0 Å². The van der Waals surface area contributed by atoms with Crippen LogP contribution >= 0.6 is 0 Å². The van der Waals surface area contributed by atoms with Crippen molar-refractivity contribution in [1.29, 1.82) is 0 Å². The molecule has 0 bridgehead atoms. The first-order valence-corrected chi connectivity index (χ1v) is 5.78. The quantitative estimate of drug-likeness (QED) is 0.821. The van der Waals surface area contributed by atoms with Crippen molar-refractivity contribution in [2.75, 3.05) is 0 Å². The minimum Gasteiger partial charge on any atom is -0.478 e. The van der Waals surface area contributed by atoms with Gasteiger partial charge in [0.05, 0.1) is 11.6 Å². The average molecular weight is 255 g/mol. The second-order valence-corrected chi connectivity index (χ2v) is 4.10. The zero-order chi connectivity index (χ0) is 13.8. The Morgan fingerprint density at radius 1 is 0.895 bits per heavy atom. The highest BCUT2D eigenvalue weighted by atomic mass is 16.4. The number of rotatable bonds is 4. The lowest BCUT2D eigenvalue weighted by molar-refractivity contribution is 0.0691. The highest BCUT2D eigenvalue weighted by Gasteiger charge is 2.22. The second-order valence-electron chi connectivity index (χ2n) is 4.10. The van der Waals surface area contributed by atoms with Crippen LogP contribution in [0.1, 0.15) is 32.3 Å². The monoisotopic (exact) mass is 255 g/mol. The zero-order valence-corrected chi connectivity index (χ0v) is 10.1. The fourth-order valence-corrected chi connectivity index (χ4v) is 1.86. The van der Waals surface area contributed by atoms with Crippen LogP contribution in [0.15, 0.2) is 54.6 Å². The molecule has 19 heavy (non-hydrogen) atoms. The normalized spacial score (nSPS) is 11.8. The second kappa shape index (κ2) is 5.46. The van der Waals surface area contributed by atoms with Gasteiger partial charge in [0.2, 0.25) is 0 Å². The summed E-state index contributed by atoms with van der Waals surface area (Å²) in [6.07, 6.45) is 0. The lowest BCUT2D eigenvalue weighted by atomic mass is 9.95. The van der Waals surface area contributed by atoms with Gasteiger partial charge < -0.3 is 10.8 Å². The van der Waals surface area contributed by atoms with E-state index in [4.69, 9.17) is 10.8 Å². The van der Waals surface area contributed by atoms with Crippen molar-refractivity contribution < 1.29 is 14.7 Å². The highest BCUT2D eigenvalue weighted by Crippen LogP contribution is 2.18. The fraction of sp³-hybridized carbons (Fsp3) is 0.0667. The average Bonchev–Trinajstić information content (AvgIpc) is 2.46. The molecule has 96 valence electrons. The van der Waals surface area contributed by atoms with E-state index in [1.54, 1.807) is 36.4 Å². The first-order valence-electron chi connectivity index (χ1n) is 5.78. The molecule has 0 aromatic heterocycles. The number of nitrogens with two attached hydrogens (primary N) is 1. The fourth-order valence-electron chi connectivity index (χ4n) is 1.86. The molecule has 0 aliphatic heterocycles. The number of carboxylic acids is 1. The molecule has 2 rings (SSSR count). The van der Waals surface area contributed by atoms with E-state index in [1.807, 2.05) is 6.07 Å². The Hall–Kier alpha value is -2.46. The maximum absolute atomic E-state index is 12.3. The molecular weight excluding hydrogens is 242 g/mol. The van der Waals surface area contributed by atoms with Crippen LogP contribution < -0.4 is 5.73 Å². The topological polar surface area (TPSA) is 80.4 Å². The van der Waals surface area contributed by atoms with Gasteiger partial charge in [-0.25, -0.2) is 4.79 Å². The first kappa shape index (κ1) is 13.0. The summed E-state index contributed by atoms with van der Waals surface area (Å²) in [4.78, 5) is 23.4. The van der Waals surface area contributed by atoms with Crippen LogP contribution in [0.3, 0.4) is 0 Å². The van der Waals surface area contributed by atoms with Gasteiger partial charge in [-0.05, 0) is 11.6 Å². The minimum absolute atomic E-state index is 0.0288. The summed E-state index contributed by atoms with van der Waals surface area (Å²) in [5.41, 5.74) is 6.66. The van der Waals surface area contributed by atoms with E-state index in [-0.39, 0.29) is 11.1 Å². The van der Waals surface area contributed by atoms with Crippen molar-refractivity contribution in [2.45, 2.75) is 6.04 Å². The number of carbonyl (C=O) groups excluding carboxylic acids is 1. The van der Waals surface area contributed by atoms with Gasteiger partial charge in [0.25, 0.3) is 0 Å². The third-order valence-corrected chi connectivity index (χ3v) is 2.86. The maximum Gasteiger partial charge on any atom is 0.336 e. The zero-order valence-electron chi connectivity index (χ0n) is 10.1. The molecule has 2 aromatic carbocycles. The van der Waals surface area contributed by atoms with Crippen LogP contribution in [0.25, 0.3) is 0 Å². The van der Waals surface area contributed by atoms with Crippen molar-refractivity contribution in [2.24, 2.45) is 5.73 Å². The van der Waals surface area contributed by atoms with Crippen LogP contribution in [0.4, 0.5) is 0 Å². The number of hydrogen-bond donors (Lipinski definition) is 2. The molecule has 4 nitrogen and oxygen atoms in total. The Morgan fingerprint density at radius 3 is 2.00 bits per heavy atom. The van der Waals surface area contributed by atoms with E-state index in [9.17, 15) is 9.59 Å². The molecule has 2 aromatic rings. The van der Waals surface area contributed by atoms with E-state index < -0.39 is 17.8 Å². The van der Waals surface area contributed by atoms with Crippen molar-refractivity contribution in [1.82, 2.24) is 0 Å². The number of ketones is 1. The molecule has 0 radical (unpaired) electrons. The van der Waals surface area contributed by atoms with Gasteiger partial charge in [0, 0.05) is 5.56 Å². The first-order chi connectivity index (χ1) is 9.11. The predicted octanol–water partition coefficient (Wildman–Crippen LogP) is 2.27. The molecule has 0 aliphatic carbocycles. The summed E-state index contributed by atoms with van der Waals surface area (Å²) < 4.78 is 0. The summed E-state index contributed by atoms with van der Waals surface area (Å²) in [5, 5.41) is 9.07. The maximum atomic E-state index is 12.3. The molecule has 4 heteroatoms. The van der Waals surface area contributed by atoms with Crippen molar-refractivity contribution in [3.63, 3.8) is 0 Å². The molecule has 0 saturated carbocycles. The van der Waals surface area contributed by atoms with Gasteiger partial charge in [-0.2, -0.15) is 0 Å². The Morgan fingerprint density at radius 2 is 1.42 bits per heavy atom. The summed E-state index contributed by atoms with van der Waals surface area (Å²) in [6.45, 7) is 0. The SMILES string of the molecule is N[C@H](C(=O)c1ccccc1C(=O)O)c1ccccc1. The van der Waals surface area contributed by atoms with Gasteiger partial charge in [-0.1, -0.05) is 48.5 Å². The van der Waals surface area contributed by atoms with Crippen molar-refractivity contribution in [3.05, 3.63) is 71.3 Å². The Kier molecular flexibility index (Phi) is 3.73. The van der Waals surface area contributed by atoms with Gasteiger partial charge in [-0.3, -0.25) is 4.79 Å². The predicted molar refractivity (Wildman–Crippen MR) is 71.1 cm³/mol. The van der Waals surface area contributed by atoms with Crippen LogP contribution in [-0.2, 0) is 0 Å². The standard InChI is InChI=1S/C15H13NO3/c16-13(10-6-2-1-3-7-10)14(17)11-8-4-5-9-12(11)15(18)19/h1-9,13H,16H2,(H,18,19)/t13-/m0/s1. The van der Waals surface area contributed by atoms with Gasteiger partial charge in [0.1, 0.15) is 0 Å². The smallest absolute Gasteiger partial charge is 0.336 e. The molecule has 3 N–H and O–H groups in total. The number of carbonyl (C=O) groups is 2. The molecule has 0 amide bonds. The molecule has 0 heterocycles. The van der Waals surface area contributed by atoms with Gasteiger partial charge in [0.15, 0.2) is 5.78 Å². The summed E-state index contributed by atoms with van der Waals surface area (Å²) in [6, 6.07) is 14.1. The highest BCUT2D eigenvalue weighted by molar-refractivity contribution is 6.08. The third-order valence-electron chi connectivity index (χ3n) is 2.86. The van der Waals surface area contributed by atoms with Crippen LogP contribution in [0.5, 0.6) is 0 Å². The van der Waals surface area contributed by atoms with Crippen molar-refractivity contribution in [3.8, 4) is 0 Å². The van der Waals surface area contributed by atoms with E-state index in [0.717, 1.165) is 0 Å². The largest absolute Gasteiger partial charge is 0.478 e. The molecule has 0 saturated heterocycles. The van der Waals surface area contributed by atoms with Crippen LogP contribution in [-0.4, -0.2) is 16.9 Å². The number of carboxylic acid groups (broad SMARTS) is 1. The Labute approximate surface area is 110 Å². The molecule has 0 spiro atoms. The molecule has 0 aliphatic rings. The minimum atomic E-state index is -1.13. The van der Waals surface area contributed by atoms with Crippen LogP contribution in [0, 0.1) is 0 Å². The molecular formula is C15H13NO3. The van der Waals surface area contributed by atoms with E-state index >= 15 is 0 Å². The van der Waals surface area contributed by atoms with E-state index in [0.29, 0.717) is 5.56 Å². The summed E-state index contributed by atoms with van der Waals surface area (Å²) >= 11 is 0. The molecule has 0 unspecified atom stereocenters. The Balaban J connectivity index is 2.38.